The Morgan fingerprint density at radius 1 is 1.26 bits per heavy atom. The standard InChI is InChI=1S/C14H15N3O2/c1-10(18)16-11-4-2-5-12(8-11)17-13(19)14(9-15)6-3-7-14/h2,4-5,8H,3,6-7H2,1H3,(H,16,18)(H,17,19). The van der Waals surface area contributed by atoms with Crippen molar-refractivity contribution in [2.24, 2.45) is 5.41 Å². The summed E-state index contributed by atoms with van der Waals surface area (Å²) in [4.78, 5) is 23.0. The van der Waals surface area contributed by atoms with Gasteiger partial charge in [-0.1, -0.05) is 6.07 Å². The van der Waals surface area contributed by atoms with Gasteiger partial charge in [-0.2, -0.15) is 5.26 Å². The predicted octanol–water partition coefficient (Wildman–Crippen LogP) is 2.28. The molecule has 5 heteroatoms. The van der Waals surface area contributed by atoms with Crippen molar-refractivity contribution in [2.45, 2.75) is 26.2 Å². The maximum atomic E-state index is 12.1. The Bertz CT molecular complexity index is 556. The monoisotopic (exact) mass is 257 g/mol. The van der Waals surface area contributed by atoms with E-state index in [1.54, 1.807) is 24.3 Å². The van der Waals surface area contributed by atoms with E-state index in [9.17, 15) is 9.59 Å². The van der Waals surface area contributed by atoms with Crippen LogP contribution in [-0.2, 0) is 9.59 Å². The van der Waals surface area contributed by atoms with Crippen molar-refractivity contribution in [3.63, 3.8) is 0 Å². The van der Waals surface area contributed by atoms with Gasteiger partial charge in [-0.05, 0) is 37.5 Å². The molecule has 2 N–H and O–H groups in total. The second kappa shape index (κ2) is 5.11. The molecule has 1 aliphatic rings. The molecular formula is C14H15N3O2. The minimum atomic E-state index is -0.871. The molecule has 0 heterocycles. The van der Waals surface area contributed by atoms with Crippen molar-refractivity contribution in [1.82, 2.24) is 0 Å². The maximum absolute atomic E-state index is 12.1. The minimum Gasteiger partial charge on any atom is -0.326 e. The van der Waals surface area contributed by atoms with Crippen LogP contribution in [0.3, 0.4) is 0 Å². The minimum absolute atomic E-state index is 0.170. The first kappa shape index (κ1) is 13.1. The summed E-state index contributed by atoms with van der Waals surface area (Å²) in [5, 5.41) is 14.5. The number of nitrogens with one attached hydrogen (secondary N) is 2. The van der Waals surface area contributed by atoms with E-state index in [4.69, 9.17) is 5.26 Å². The number of nitriles is 1. The number of hydrogen-bond donors (Lipinski definition) is 2. The highest BCUT2D eigenvalue weighted by Crippen LogP contribution is 2.41. The van der Waals surface area contributed by atoms with Crippen LogP contribution < -0.4 is 10.6 Å². The lowest BCUT2D eigenvalue weighted by Crippen LogP contribution is -2.40. The summed E-state index contributed by atoms with van der Waals surface area (Å²) in [6.07, 6.45) is 2.13. The van der Waals surface area contributed by atoms with Crippen LogP contribution in [0.15, 0.2) is 24.3 Å². The maximum Gasteiger partial charge on any atom is 0.244 e. The zero-order valence-corrected chi connectivity index (χ0v) is 10.7. The Kier molecular flexibility index (Phi) is 3.52. The molecule has 2 amide bonds. The first-order valence-electron chi connectivity index (χ1n) is 6.16. The average Bonchev–Trinajstić information content (AvgIpc) is 2.27. The molecule has 0 bridgehead atoms. The Hall–Kier alpha value is -2.35. The second-order valence-corrected chi connectivity index (χ2v) is 4.76. The van der Waals surface area contributed by atoms with Crippen LogP contribution in [0.2, 0.25) is 0 Å². The van der Waals surface area contributed by atoms with Gasteiger partial charge in [0.25, 0.3) is 0 Å². The van der Waals surface area contributed by atoms with Gasteiger partial charge in [-0.15, -0.1) is 0 Å². The molecule has 1 aliphatic carbocycles. The second-order valence-electron chi connectivity index (χ2n) is 4.76. The van der Waals surface area contributed by atoms with Crippen LogP contribution >= 0.6 is 0 Å². The first-order chi connectivity index (χ1) is 9.05. The number of rotatable bonds is 3. The van der Waals surface area contributed by atoms with Crippen molar-refractivity contribution in [3.8, 4) is 6.07 Å². The quantitative estimate of drug-likeness (QED) is 0.871. The third kappa shape index (κ3) is 2.74. The normalized spacial score (nSPS) is 15.8. The Morgan fingerprint density at radius 2 is 1.89 bits per heavy atom. The summed E-state index contributed by atoms with van der Waals surface area (Å²) in [6.45, 7) is 1.42. The molecule has 0 saturated heterocycles. The smallest absolute Gasteiger partial charge is 0.244 e. The van der Waals surface area contributed by atoms with Crippen molar-refractivity contribution in [1.29, 1.82) is 5.26 Å². The van der Waals surface area contributed by atoms with E-state index in [1.165, 1.54) is 6.92 Å². The lowest BCUT2D eigenvalue weighted by atomic mass is 9.69. The highest BCUT2D eigenvalue weighted by molar-refractivity contribution is 5.98. The van der Waals surface area contributed by atoms with E-state index in [0.717, 1.165) is 6.42 Å². The van der Waals surface area contributed by atoms with Gasteiger partial charge >= 0.3 is 0 Å². The summed E-state index contributed by atoms with van der Waals surface area (Å²) < 4.78 is 0. The van der Waals surface area contributed by atoms with Crippen molar-refractivity contribution < 1.29 is 9.59 Å². The summed E-state index contributed by atoms with van der Waals surface area (Å²) in [6, 6.07) is 8.97. The number of carbonyl (C=O) groups excluding carboxylic acids is 2. The van der Waals surface area contributed by atoms with E-state index in [1.807, 2.05) is 0 Å². The molecular weight excluding hydrogens is 242 g/mol. The summed E-state index contributed by atoms with van der Waals surface area (Å²) in [5.41, 5.74) is 0.326. The first-order valence-corrected chi connectivity index (χ1v) is 6.16. The van der Waals surface area contributed by atoms with E-state index < -0.39 is 5.41 Å². The van der Waals surface area contributed by atoms with Gasteiger partial charge in [-0.3, -0.25) is 9.59 Å². The molecule has 0 atom stereocenters. The van der Waals surface area contributed by atoms with Gasteiger partial charge < -0.3 is 10.6 Å². The number of amides is 2. The highest BCUT2D eigenvalue weighted by atomic mass is 16.2. The molecule has 1 aromatic carbocycles. The topological polar surface area (TPSA) is 82.0 Å². The van der Waals surface area contributed by atoms with Crippen molar-refractivity contribution in [2.75, 3.05) is 10.6 Å². The van der Waals surface area contributed by atoms with Crippen LogP contribution in [0.25, 0.3) is 0 Å². The lowest BCUT2D eigenvalue weighted by Gasteiger charge is -2.33. The van der Waals surface area contributed by atoms with Crippen LogP contribution in [0, 0.1) is 16.7 Å². The van der Waals surface area contributed by atoms with E-state index in [2.05, 4.69) is 16.7 Å². The molecule has 0 spiro atoms. The molecule has 1 aromatic rings. The Morgan fingerprint density at radius 3 is 2.37 bits per heavy atom. The fraction of sp³-hybridized carbons (Fsp3) is 0.357. The van der Waals surface area contributed by atoms with E-state index in [0.29, 0.717) is 24.2 Å². The molecule has 5 nitrogen and oxygen atoms in total. The fourth-order valence-corrected chi connectivity index (χ4v) is 2.05. The van der Waals surface area contributed by atoms with Crippen LogP contribution in [-0.4, -0.2) is 11.8 Å². The highest BCUT2D eigenvalue weighted by Gasteiger charge is 2.44. The number of anilines is 2. The summed E-state index contributed by atoms with van der Waals surface area (Å²) >= 11 is 0. The Balaban J connectivity index is 2.09. The van der Waals surface area contributed by atoms with Crippen LogP contribution in [0.4, 0.5) is 11.4 Å². The number of hydrogen-bond acceptors (Lipinski definition) is 3. The van der Waals surface area contributed by atoms with E-state index in [-0.39, 0.29) is 11.8 Å². The molecule has 19 heavy (non-hydrogen) atoms. The van der Waals surface area contributed by atoms with Gasteiger partial charge in [0, 0.05) is 18.3 Å². The predicted molar refractivity (Wildman–Crippen MR) is 71.3 cm³/mol. The van der Waals surface area contributed by atoms with Gasteiger partial charge in [0.05, 0.1) is 6.07 Å². The van der Waals surface area contributed by atoms with Gasteiger partial charge in [-0.25, -0.2) is 0 Å². The molecule has 0 unspecified atom stereocenters. The largest absolute Gasteiger partial charge is 0.326 e. The molecule has 0 radical (unpaired) electrons. The fourth-order valence-electron chi connectivity index (χ4n) is 2.05. The third-order valence-corrected chi connectivity index (χ3v) is 3.30. The van der Waals surface area contributed by atoms with Gasteiger partial charge in [0.2, 0.25) is 11.8 Å². The SMILES string of the molecule is CC(=O)Nc1cccc(NC(=O)C2(C#N)CCC2)c1. The average molecular weight is 257 g/mol. The number of carbonyl (C=O) groups is 2. The van der Waals surface area contributed by atoms with Crippen LogP contribution in [0.5, 0.6) is 0 Å². The molecule has 2 rings (SSSR count). The molecule has 1 saturated carbocycles. The summed E-state index contributed by atoms with van der Waals surface area (Å²) in [5.74, 6) is -0.433. The molecule has 0 aliphatic heterocycles. The summed E-state index contributed by atoms with van der Waals surface area (Å²) in [7, 11) is 0. The molecule has 1 fully saturated rings. The van der Waals surface area contributed by atoms with Crippen molar-refractivity contribution in [3.05, 3.63) is 24.3 Å². The Labute approximate surface area is 111 Å². The van der Waals surface area contributed by atoms with Crippen LogP contribution in [0.1, 0.15) is 26.2 Å². The van der Waals surface area contributed by atoms with Gasteiger partial charge in [0.1, 0.15) is 5.41 Å². The third-order valence-electron chi connectivity index (χ3n) is 3.30. The van der Waals surface area contributed by atoms with Gasteiger partial charge in [0.15, 0.2) is 0 Å². The molecule has 0 aromatic heterocycles. The zero-order valence-electron chi connectivity index (χ0n) is 10.7. The molecule has 98 valence electrons. The van der Waals surface area contributed by atoms with E-state index >= 15 is 0 Å². The zero-order chi connectivity index (χ0) is 13.9. The number of benzene rings is 1. The van der Waals surface area contributed by atoms with Crippen molar-refractivity contribution >= 4 is 23.2 Å². The lowest BCUT2D eigenvalue weighted by molar-refractivity contribution is -0.126. The number of nitrogens with zero attached hydrogens (tertiary/aromatic N) is 1.